The molecule has 0 amide bonds. The van der Waals surface area contributed by atoms with Gasteiger partial charge in [0.05, 0.1) is 6.10 Å². The Bertz CT molecular complexity index is 310. The zero-order chi connectivity index (χ0) is 9.26. The number of nitrogens with zero attached hydrogens (tertiary/aromatic N) is 1. The molecule has 1 aromatic heterocycles. The fourth-order valence-electron chi connectivity index (χ4n) is 1.59. The molecule has 0 saturated carbocycles. The fraction of sp³-hybridized carbons (Fsp3) is 0.444. The van der Waals surface area contributed by atoms with Crippen molar-refractivity contribution in [3.63, 3.8) is 0 Å². The normalized spacial score (nSPS) is 22.0. The molecule has 4 heteroatoms. The summed E-state index contributed by atoms with van der Waals surface area (Å²) in [6.45, 7) is 0.804. The smallest absolute Gasteiger partial charge is 0.129 e. The van der Waals surface area contributed by atoms with E-state index in [9.17, 15) is 0 Å². The molecule has 2 N–H and O–H groups in total. The van der Waals surface area contributed by atoms with Gasteiger partial charge >= 0.3 is 0 Å². The zero-order valence-corrected chi connectivity index (χ0v) is 7.36. The van der Waals surface area contributed by atoms with Gasteiger partial charge in [0, 0.05) is 18.4 Å². The van der Waals surface area contributed by atoms with E-state index in [1.807, 2.05) is 6.07 Å². The lowest BCUT2D eigenvalue weighted by Gasteiger charge is -2.12. The van der Waals surface area contributed by atoms with Crippen LogP contribution in [0.4, 0.5) is 5.82 Å². The second-order valence-electron chi connectivity index (χ2n) is 3.24. The molecule has 66 valence electrons. The summed E-state index contributed by atoms with van der Waals surface area (Å²) in [7, 11) is 5.62. The van der Waals surface area contributed by atoms with E-state index in [4.69, 9.17) is 18.3 Å². The summed E-state index contributed by atoms with van der Waals surface area (Å²) in [6, 6.07) is 1.85. The Hall–Kier alpha value is -1.03. The van der Waals surface area contributed by atoms with Crippen LogP contribution in [0.2, 0.25) is 0 Å². The van der Waals surface area contributed by atoms with Crippen LogP contribution in [-0.2, 0) is 4.74 Å². The van der Waals surface area contributed by atoms with Gasteiger partial charge in [-0.15, -0.1) is 0 Å². The van der Waals surface area contributed by atoms with Crippen LogP contribution in [0.5, 0.6) is 0 Å². The minimum absolute atomic E-state index is 0.0935. The van der Waals surface area contributed by atoms with Gasteiger partial charge in [-0.05, 0) is 12.8 Å². The number of hydrogen-bond donors (Lipinski definition) is 1. The van der Waals surface area contributed by atoms with Gasteiger partial charge in [0.2, 0.25) is 0 Å². The van der Waals surface area contributed by atoms with Gasteiger partial charge in [0.25, 0.3) is 0 Å². The summed E-state index contributed by atoms with van der Waals surface area (Å²) in [5.41, 5.74) is 7.29. The molecule has 1 saturated heterocycles. The van der Waals surface area contributed by atoms with Crippen LogP contribution in [0.15, 0.2) is 12.3 Å². The van der Waals surface area contributed by atoms with Gasteiger partial charge in [-0.25, -0.2) is 4.98 Å². The molecule has 2 radical (unpaired) electrons. The highest BCUT2D eigenvalue weighted by molar-refractivity contribution is 6.32. The monoisotopic (exact) mass is 174 g/mol. The Balaban J connectivity index is 2.32. The molecule has 2 rings (SSSR count). The standard InChI is InChI=1S/C9H11BN2O/c10-6-4-7(9(11)12-5-6)8-2-1-3-13-8/h4-5,8H,1-3H2,(H2,11,12). The highest BCUT2D eigenvalue weighted by Crippen LogP contribution is 2.30. The number of pyridine rings is 1. The molecular formula is C9H11BN2O. The average molecular weight is 174 g/mol. The van der Waals surface area contributed by atoms with Crippen LogP contribution in [0.1, 0.15) is 24.5 Å². The number of rotatable bonds is 1. The van der Waals surface area contributed by atoms with Crippen molar-refractivity contribution in [3.05, 3.63) is 17.8 Å². The SMILES string of the molecule is [B]c1cnc(N)c(C2CCCO2)c1. The fourth-order valence-corrected chi connectivity index (χ4v) is 1.59. The van der Waals surface area contributed by atoms with Crippen LogP contribution in [-0.4, -0.2) is 19.4 Å². The molecule has 2 heterocycles. The molecule has 1 unspecified atom stereocenters. The maximum Gasteiger partial charge on any atom is 0.129 e. The lowest BCUT2D eigenvalue weighted by Crippen LogP contribution is -2.11. The van der Waals surface area contributed by atoms with E-state index in [1.165, 1.54) is 0 Å². The predicted octanol–water partition coefficient (Wildman–Crippen LogP) is 0.309. The van der Waals surface area contributed by atoms with E-state index in [0.717, 1.165) is 25.0 Å². The molecule has 0 aliphatic carbocycles. The third kappa shape index (κ3) is 1.67. The third-order valence-corrected chi connectivity index (χ3v) is 2.25. The highest BCUT2D eigenvalue weighted by atomic mass is 16.5. The van der Waals surface area contributed by atoms with Crippen LogP contribution >= 0.6 is 0 Å². The van der Waals surface area contributed by atoms with Gasteiger partial charge in [-0.2, -0.15) is 0 Å². The van der Waals surface area contributed by atoms with E-state index in [-0.39, 0.29) is 6.10 Å². The van der Waals surface area contributed by atoms with Crippen LogP contribution in [0.25, 0.3) is 0 Å². The molecule has 13 heavy (non-hydrogen) atoms. The highest BCUT2D eigenvalue weighted by Gasteiger charge is 2.20. The maximum absolute atomic E-state index is 5.72. The first-order valence-corrected chi connectivity index (χ1v) is 4.40. The second kappa shape index (κ2) is 3.38. The van der Waals surface area contributed by atoms with E-state index in [0.29, 0.717) is 11.3 Å². The van der Waals surface area contributed by atoms with Crippen molar-refractivity contribution in [2.45, 2.75) is 18.9 Å². The number of anilines is 1. The first-order chi connectivity index (χ1) is 6.27. The molecule has 1 aromatic rings. The summed E-state index contributed by atoms with van der Waals surface area (Å²) in [4.78, 5) is 4.00. The number of ether oxygens (including phenoxy) is 1. The van der Waals surface area contributed by atoms with Crippen molar-refractivity contribution in [1.82, 2.24) is 4.98 Å². The van der Waals surface area contributed by atoms with Crippen LogP contribution < -0.4 is 11.2 Å². The topological polar surface area (TPSA) is 48.1 Å². The molecular weight excluding hydrogens is 163 g/mol. The Morgan fingerprint density at radius 2 is 2.46 bits per heavy atom. The Kier molecular flexibility index (Phi) is 2.23. The lowest BCUT2D eigenvalue weighted by atomic mass is 9.95. The van der Waals surface area contributed by atoms with Crippen molar-refractivity contribution in [3.8, 4) is 0 Å². The first-order valence-electron chi connectivity index (χ1n) is 4.40. The second-order valence-corrected chi connectivity index (χ2v) is 3.24. The number of hydrogen-bond acceptors (Lipinski definition) is 3. The quantitative estimate of drug-likeness (QED) is 0.623. The maximum atomic E-state index is 5.72. The first kappa shape index (κ1) is 8.57. The molecule has 1 aliphatic rings. The Morgan fingerprint density at radius 1 is 1.62 bits per heavy atom. The summed E-state index contributed by atoms with van der Waals surface area (Å²) >= 11 is 0. The van der Waals surface area contributed by atoms with Crippen molar-refractivity contribution >= 4 is 19.1 Å². The van der Waals surface area contributed by atoms with Crippen molar-refractivity contribution in [2.75, 3.05) is 12.3 Å². The number of nitrogens with two attached hydrogens (primary N) is 1. The molecule has 0 aromatic carbocycles. The predicted molar refractivity (Wildman–Crippen MR) is 52.0 cm³/mol. The summed E-state index contributed by atoms with van der Waals surface area (Å²) in [5, 5.41) is 0. The van der Waals surface area contributed by atoms with Gasteiger partial charge in [0.15, 0.2) is 0 Å². The molecule has 1 fully saturated rings. The average Bonchev–Trinajstić information content (AvgIpc) is 2.61. The molecule has 3 nitrogen and oxygen atoms in total. The van der Waals surface area contributed by atoms with E-state index < -0.39 is 0 Å². The van der Waals surface area contributed by atoms with E-state index in [2.05, 4.69) is 4.98 Å². The summed E-state index contributed by atoms with van der Waals surface area (Å²) in [5.74, 6) is 0.529. The largest absolute Gasteiger partial charge is 0.383 e. The molecule has 0 bridgehead atoms. The summed E-state index contributed by atoms with van der Waals surface area (Å²) < 4.78 is 5.50. The molecule has 1 atom stereocenters. The van der Waals surface area contributed by atoms with Crippen molar-refractivity contribution in [1.29, 1.82) is 0 Å². The Labute approximate surface area is 78.7 Å². The Morgan fingerprint density at radius 3 is 3.15 bits per heavy atom. The number of nitrogen functional groups attached to an aromatic ring is 1. The lowest BCUT2D eigenvalue weighted by molar-refractivity contribution is 0.112. The van der Waals surface area contributed by atoms with Crippen LogP contribution in [0, 0.1) is 0 Å². The minimum Gasteiger partial charge on any atom is -0.383 e. The summed E-state index contributed by atoms with van der Waals surface area (Å²) in [6.07, 6.45) is 3.75. The van der Waals surface area contributed by atoms with Crippen molar-refractivity contribution in [2.24, 2.45) is 0 Å². The van der Waals surface area contributed by atoms with Crippen LogP contribution in [0.3, 0.4) is 0 Å². The van der Waals surface area contributed by atoms with E-state index in [1.54, 1.807) is 6.20 Å². The minimum atomic E-state index is 0.0935. The van der Waals surface area contributed by atoms with Gasteiger partial charge in [-0.3, -0.25) is 0 Å². The van der Waals surface area contributed by atoms with Gasteiger partial charge in [0.1, 0.15) is 13.7 Å². The van der Waals surface area contributed by atoms with Gasteiger partial charge in [-0.1, -0.05) is 11.5 Å². The third-order valence-electron chi connectivity index (χ3n) is 2.25. The van der Waals surface area contributed by atoms with Gasteiger partial charge < -0.3 is 10.5 Å². The zero-order valence-electron chi connectivity index (χ0n) is 7.36. The number of aromatic nitrogens is 1. The van der Waals surface area contributed by atoms with E-state index >= 15 is 0 Å². The molecule has 0 spiro atoms. The molecule has 1 aliphatic heterocycles. The van der Waals surface area contributed by atoms with Crippen molar-refractivity contribution < 1.29 is 4.74 Å².